The molecule has 10 nitrogen and oxygen atoms in total. The molecule has 67 heavy (non-hydrogen) atoms. The lowest BCUT2D eigenvalue weighted by molar-refractivity contribution is -0.236. The van der Waals surface area contributed by atoms with Crippen LogP contribution in [0.3, 0.4) is 0 Å². The third kappa shape index (κ3) is 8.63. The molecule has 0 unspecified atom stereocenters. The Bertz CT molecular complexity index is 2140. The lowest BCUT2D eigenvalue weighted by atomic mass is 9.33. The van der Waals surface area contributed by atoms with Gasteiger partial charge in [-0.2, -0.15) is 0 Å². The molecule has 6 aliphatic carbocycles. The number of hydrogen-bond acceptors (Lipinski definition) is 8. The Balaban J connectivity index is 0.933. The first-order chi connectivity index (χ1) is 31.3. The fraction of sp³-hybridized carbons (Fsp3) is 0.786. The van der Waals surface area contributed by atoms with Crippen molar-refractivity contribution in [3.63, 3.8) is 0 Å². The molecule has 0 radical (unpaired) electrons. The Morgan fingerprint density at radius 3 is 2.28 bits per heavy atom. The minimum absolute atomic E-state index is 0.0511. The number of nitrogens with one attached hydrogen (secondary N) is 2. The Morgan fingerprint density at radius 1 is 0.896 bits per heavy atom. The molecule has 11 heteroatoms. The van der Waals surface area contributed by atoms with Crippen LogP contribution >= 0.6 is 11.6 Å². The maximum atomic E-state index is 14.3. The second-order valence-electron chi connectivity index (χ2n) is 25.6. The summed E-state index contributed by atoms with van der Waals surface area (Å²) in [5, 5.41) is 17.3. The Labute approximate surface area is 407 Å². The van der Waals surface area contributed by atoms with Gasteiger partial charge in [-0.05, 0) is 180 Å². The summed E-state index contributed by atoms with van der Waals surface area (Å²) in [6.45, 7) is 29.6. The minimum atomic E-state index is -0.828. The predicted octanol–water partition coefficient (Wildman–Crippen LogP) is 10.9. The number of carbonyl (C=O) groups excluding carboxylic acids is 3. The second kappa shape index (κ2) is 18.0. The first-order valence-corrected chi connectivity index (χ1v) is 26.6. The number of carbonyl (C=O) groups is 4. The van der Waals surface area contributed by atoms with Crippen LogP contribution in [0.15, 0.2) is 29.3 Å². The molecule has 8 rings (SSSR count). The highest BCUT2D eigenvalue weighted by atomic mass is 35.5. The topological polar surface area (TPSA) is 134 Å². The van der Waals surface area contributed by atoms with E-state index in [4.69, 9.17) is 21.1 Å². The number of aliphatic carboxylic acids is 1. The summed E-state index contributed by atoms with van der Waals surface area (Å²) in [6.07, 6.45) is 12.5. The van der Waals surface area contributed by atoms with E-state index in [2.05, 4.69) is 77.8 Å². The van der Waals surface area contributed by atoms with Crippen molar-refractivity contribution in [1.82, 2.24) is 15.5 Å². The number of Topliss-reactive ketones (excluding diaryl/α,β-unsaturated/α-hetero) is 1. The van der Waals surface area contributed by atoms with Crippen LogP contribution < -0.4 is 15.4 Å². The highest BCUT2D eigenvalue weighted by Crippen LogP contribution is 2.77. The number of likely N-dealkylation sites (tertiary alicyclic amines) is 1. The maximum Gasteiger partial charge on any atom is 0.309 e. The Kier molecular flexibility index (Phi) is 13.6. The quantitative estimate of drug-likeness (QED) is 0.116. The number of esters is 1. The van der Waals surface area contributed by atoms with Crippen molar-refractivity contribution in [3.05, 3.63) is 39.9 Å². The van der Waals surface area contributed by atoms with Gasteiger partial charge in [-0.3, -0.25) is 24.1 Å². The average molecular weight is 947 g/mol. The number of carboxylic acids is 1. The number of fused-ring (bicyclic) bond motifs is 7. The second-order valence-corrected chi connectivity index (χ2v) is 26.0. The van der Waals surface area contributed by atoms with Gasteiger partial charge in [-0.25, -0.2) is 0 Å². The van der Waals surface area contributed by atoms with Gasteiger partial charge in [-0.1, -0.05) is 79.5 Å². The van der Waals surface area contributed by atoms with Crippen LogP contribution in [0.5, 0.6) is 5.75 Å². The lowest BCUT2D eigenvalue weighted by Gasteiger charge is -2.72. The number of ether oxygens (including phenoxy) is 2. The van der Waals surface area contributed by atoms with Crippen LogP contribution in [0.4, 0.5) is 0 Å². The molecule has 5 saturated carbocycles. The zero-order valence-electron chi connectivity index (χ0n) is 42.9. The number of amides is 1. The predicted molar refractivity (Wildman–Crippen MR) is 264 cm³/mol. The summed E-state index contributed by atoms with van der Waals surface area (Å²) in [5.41, 5.74) is 1.81. The number of rotatable bonds is 15. The first kappa shape index (κ1) is 50.4. The van der Waals surface area contributed by atoms with Crippen LogP contribution in [0, 0.1) is 68.0 Å². The first-order valence-electron chi connectivity index (χ1n) is 26.2. The number of carboxylic acid groups (broad SMARTS) is 1. The van der Waals surface area contributed by atoms with Crippen molar-refractivity contribution in [2.24, 2.45) is 68.0 Å². The van der Waals surface area contributed by atoms with Crippen LogP contribution in [-0.2, 0) is 19.1 Å². The summed E-state index contributed by atoms with van der Waals surface area (Å²) >= 11 is 6.37. The summed E-state index contributed by atoms with van der Waals surface area (Å²) in [6, 6.07) is 5.23. The van der Waals surface area contributed by atoms with E-state index in [1.54, 1.807) is 18.2 Å². The van der Waals surface area contributed by atoms with E-state index in [0.29, 0.717) is 65.9 Å². The minimum Gasteiger partial charge on any atom is -0.491 e. The van der Waals surface area contributed by atoms with Crippen molar-refractivity contribution in [2.75, 3.05) is 39.3 Å². The fourth-order valence-electron chi connectivity index (χ4n) is 16.4. The van der Waals surface area contributed by atoms with Gasteiger partial charge in [-0.15, -0.1) is 0 Å². The SMILES string of the molecule is CC(C)C1=C2[C@H]3CC[C@@H]4[C@@]5(C)CC[C@H](OC(=O)[C@H]6C[C@@H](C(=O)O)C6(C)C)C(C)(C)[C@@H]5CC[C@@]4(C)[C@]3(C)CC[C@@]2(CCNCC(C)(C)NC(=O)c2ccc(Cl)cc2OCCN2CCCC2)CC1=O. The molecule has 7 aliphatic rings. The van der Waals surface area contributed by atoms with E-state index in [9.17, 15) is 24.3 Å². The largest absolute Gasteiger partial charge is 0.491 e. The summed E-state index contributed by atoms with van der Waals surface area (Å²) in [5.74, 6) is 0.197. The van der Waals surface area contributed by atoms with E-state index < -0.39 is 22.8 Å². The van der Waals surface area contributed by atoms with Gasteiger partial charge in [0.1, 0.15) is 18.5 Å². The average Bonchev–Trinajstić information content (AvgIpc) is 3.86. The number of nitrogens with zero attached hydrogens (tertiary/aromatic N) is 1. The normalized spacial score (nSPS) is 36.6. The number of allylic oxidation sites excluding steroid dienone is 2. The van der Waals surface area contributed by atoms with Gasteiger partial charge in [0.2, 0.25) is 0 Å². The molecule has 6 fully saturated rings. The van der Waals surface area contributed by atoms with Crippen molar-refractivity contribution < 1.29 is 33.8 Å². The Morgan fingerprint density at radius 2 is 1.61 bits per heavy atom. The number of halogens is 1. The van der Waals surface area contributed by atoms with Crippen LogP contribution in [-0.4, -0.2) is 84.6 Å². The molecule has 1 aromatic carbocycles. The molecule has 10 atom stereocenters. The van der Waals surface area contributed by atoms with Gasteiger partial charge >= 0.3 is 11.9 Å². The molecule has 372 valence electrons. The van der Waals surface area contributed by atoms with Crippen molar-refractivity contribution in [2.45, 2.75) is 171 Å². The molecule has 0 spiro atoms. The number of hydrogen-bond donors (Lipinski definition) is 3. The molecule has 0 bridgehead atoms. The highest BCUT2D eigenvalue weighted by molar-refractivity contribution is 6.30. The molecule has 1 amide bonds. The van der Waals surface area contributed by atoms with Crippen LogP contribution in [0.25, 0.3) is 0 Å². The van der Waals surface area contributed by atoms with E-state index in [1.165, 1.54) is 18.4 Å². The van der Waals surface area contributed by atoms with Gasteiger partial charge < -0.3 is 25.2 Å². The van der Waals surface area contributed by atoms with Gasteiger partial charge in [0.25, 0.3) is 5.91 Å². The smallest absolute Gasteiger partial charge is 0.309 e. The maximum absolute atomic E-state index is 14.3. The van der Waals surface area contributed by atoms with E-state index in [0.717, 1.165) is 89.5 Å². The molecule has 3 N–H and O–H groups in total. The van der Waals surface area contributed by atoms with Gasteiger partial charge in [0.05, 0.1) is 17.4 Å². The zero-order chi connectivity index (χ0) is 48.7. The van der Waals surface area contributed by atoms with Crippen LogP contribution in [0.1, 0.15) is 170 Å². The number of benzene rings is 1. The van der Waals surface area contributed by atoms with E-state index >= 15 is 0 Å². The van der Waals surface area contributed by atoms with Gasteiger partial charge in [0, 0.05) is 40.9 Å². The van der Waals surface area contributed by atoms with Crippen molar-refractivity contribution >= 4 is 35.2 Å². The van der Waals surface area contributed by atoms with E-state index in [1.807, 2.05) is 13.8 Å². The molecule has 1 saturated heterocycles. The Hall–Kier alpha value is -2.95. The standard InChI is InChI=1S/C56H84ClN3O7/c1-34(2)45-40(61)32-56(24-25-58-33-50(3,4)59-47(62)36-15-14-35(57)30-41(36)66-29-28-60-26-12-13-27-60)23-22-54(10)37(46(45)56)16-17-43-53(9)20-19-44(52(7,8)42(53)18-21-55(43,54)11)67-49(65)39-31-38(48(63)64)51(39,5)6/h14-15,30,34,37-39,42-44,58H,12-13,16-29,31-33H2,1-11H3,(H,59,62)(H,63,64)/t37-,38+,39-,42+,43-,44+,53+,54-,55-,56-/m1/s1. The van der Waals surface area contributed by atoms with Crippen LogP contribution in [0.2, 0.25) is 5.02 Å². The third-order valence-corrected chi connectivity index (χ3v) is 20.7. The molecule has 1 aliphatic heterocycles. The van der Waals surface area contributed by atoms with E-state index in [-0.39, 0.29) is 56.9 Å². The number of ketones is 1. The van der Waals surface area contributed by atoms with Crippen molar-refractivity contribution in [3.8, 4) is 5.75 Å². The highest BCUT2D eigenvalue weighted by Gasteiger charge is 2.70. The molecular formula is C56H84ClN3O7. The molecule has 1 aromatic rings. The summed E-state index contributed by atoms with van der Waals surface area (Å²) in [7, 11) is 0. The fourth-order valence-corrected chi connectivity index (χ4v) is 16.6. The summed E-state index contributed by atoms with van der Waals surface area (Å²) in [4.78, 5) is 56.0. The molecular weight excluding hydrogens is 862 g/mol. The van der Waals surface area contributed by atoms with Gasteiger partial charge in [0.15, 0.2) is 5.78 Å². The monoisotopic (exact) mass is 946 g/mol. The summed E-state index contributed by atoms with van der Waals surface area (Å²) < 4.78 is 12.6. The third-order valence-electron chi connectivity index (χ3n) is 20.5. The molecule has 1 heterocycles. The molecule has 0 aromatic heterocycles. The van der Waals surface area contributed by atoms with Crippen molar-refractivity contribution in [1.29, 1.82) is 0 Å². The zero-order valence-corrected chi connectivity index (χ0v) is 43.7. The lowest BCUT2D eigenvalue weighted by Crippen LogP contribution is -2.66.